The molecule has 4 heteroatoms. The van der Waals surface area contributed by atoms with Gasteiger partial charge in [0.2, 0.25) is 0 Å². The van der Waals surface area contributed by atoms with E-state index in [0.717, 1.165) is 19.6 Å². The number of nitrogens with two attached hydrogens (primary N) is 1. The Morgan fingerprint density at radius 2 is 2.43 bits per heavy atom. The molecule has 3 nitrogen and oxygen atoms in total. The minimum Gasteiger partial charge on any atom is -0.330 e. The summed E-state index contributed by atoms with van der Waals surface area (Å²) in [6.07, 6.45) is 4.50. The van der Waals surface area contributed by atoms with Crippen molar-refractivity contribution in [3.63, 3.8) is 0 Å². The van der Waals surface area contributed by atoms with Gasteiger partial charge < -0.3 is 11.1 Å². The predicted octanol–water partition coefficient (Wildman–Crippen LogP) is 1.28. The number of aromatic nitrogens is 1. The van der Waals surface area contributed by atoms with Crippen LogP contribution in [0.4, 0.5) is 0 Å². The second-order valence-electron chi connectivity index (χ2n) is 4.17. The number of hydrogen-bond acceptors (Lipinski definition) is 4. The van der Waals surface area contributed by atoms with Crippen LogP contribution in [0.1, 0.15) is 22.7 Å². The molecular weight excluding hydrogens is 194 g/mol. The molecule has 0 bridgehead atoms. The summed E-state index contributed by atoms with van der Waals surface area (Å²) in [5.41, 5.74) is 6.12. The third-order valence-electron chi connectivity index (χ3n) is 2.84. The van der Waals surface area contributed by atoms with Crippen molar-refractivity contribution in [2.75, 3.05) is 13.1 Å². The largest absolute Gasteiger partial charge is 0.330 e. The van der Waals surface area contributed by atoms with Gasteiger partial charge in [0.25, 0.3) is 0 Å². The molecule has 78 valence electrons. The highest BCUT2D eigenvalue weighted by Crippen LogP contribution is 2.43. The summed E-state index contributed by atoms with van der Waals surface area (Å²) in [6, 6.07) is 0. The Labute approximate surface area is 88.7 Å². The molecule has 0 atom stereocenters. The molecule has 1 aliphatic rings. The molecule has 0 aromatic carbocycles. The van der Waals surface area contributed by atoms with E-state index in [-0.39, 0.29) is 0 Å². The van der Waals surface area contributed by atoms with Crippen molar-refractivity contribution < 1.29 is 0 Å². The standard InChI is InChI=1S/C10H17N3S/c1-8-4-13-9(14-8)5-12-7-10(6-11)2-3-10/h4,12H,2-3,5-7,11H2,1H3. The van der Waals surface area contributed by atoms with E-state index in [4.69, 9.17) is 5.73 Å². The lowest BCUT2D eigenvalue weighted by Crippen LogP contribution is -2.29. The molecule has 1 saturated carbocycles. The summed E-state index contributed by atoms with van der Waals surface area (Å²) in [5, 5.41) is 4.61. The second kappa shape index (κ2) is 3.96. The van der Waals surface area contributed by atoms with E-state index in [1.165, 1.54) is 22.7 Å². The Hall–Kier alpha value is -0.450. The molecule has 3 N–H and O–H groups in total. The highest BCUT2D eigenvalue weighted by atomic mass is 32.1. The number of aryl methyl sites for hydroxylation is 1. The molecule has 0 unspecified atom stereocenters. The van der Waals surface area contributed by atoms with Gasteiger partial charge in [0.1, 0.15) is 5.01 Å². The second-order valence-corrected chi connectivity index (χ2v) is 5.49. The molecule has 0 saturated heterocycles. The first-order valence-corrected chi connectivity index (χ1v) is 5.88. The topological polar surface area (TPSA) is 50.9 Å². The van der Waals surface area contributed by atoms with Gasteiger partial charge in [-0.1, -0.05) is 0 Å². The van der Waals surface area contributed by atoms with Gasteiger partial charge in [-0.2, -0.15) is 0 Å². The van der Waals surface area contributed by atoms with Crippen LogP contribution in [0.2, 0.25) is 0 Å². The van der Waals surface area contributed by atoms with Crippen LogP contribution in [0.25, 0.3) is 0 Å². The van der Waals surface area contributed by atoms with Crippen LogP contribution < -0.4 is 11.1 Å². The first-order valence-electron chi connectivity index (χ1n) is 5.06. The molecule has 2 rings (SSSR count). The molecule has 1 aliphatic carbocycles. The van der Waals surface area contributed by atoms with Crippen molar-refractivity contribution in [1.82, 2.24) is 10.3 Å². The summed E-state index contributed by atoms with van der Waals surface area (Å²) >= 11 is 1.76. The van der Waals surface area contributed by atoms with Gasteiger partial charge in [-0.25, -0.2) is 4.98 Å². The van der Waals surface area contributed by atoms with E-state index in [1.54, 1.807) is 11.3 Å². The van der Waals surface area contributed by atoms with E-state index in [9.17, 15) is 0 Å². The minimum absolute atomic E-state index is 0.423. The SMILES string of the molecule is Cc1cnc(CNCC2(CN)CC2)s1. The summed E-state index contributed by atoms with van der Waals surface area (Å²) in [6.45, 7) is 4.84. The van der Waals surface area contributed by atoms with Crippen molar-refractivity contribution in [2.24, 2.45) is 11.1 Å². The molecule has 1 fully saturated rings. The van der Waals surface area contributed by atoms with Gasteiger partial charge in [-0.3, -0.25) is 0 Å². The summed E-state index contributed by atoms with van der Waals surface area (Å²) in [7, 11) is 0. The van der Waals surface area contributed by atoms with Gasteiger partial charge >= 0.3 is 0 Å². The van der Waals surface area contributed by atoms with Crippen molar-refractivity contribution in [3.8, 4) is 0 Å². The lowest BCUT2D eigenvalue weighted by atomic mass is 10.1. The third kappa shape index (κ3) is 2.32. The fourth-order valence-corrected chi connectivity index (χ4v) is 2.30. The van der Waals surface area contributed by atoms with Crippen LogP contribution in [0.15, 0.2) is 6.20 Å². The van der Waals surface area contributed by atoms with E-state index >= 15 is 0 Å². The fraction of sp³-hybridized carbons (Fsp3) is 0.700. The zero-order chi connectivity index (χ0) is 10.0. The average Bonchev–Trinajstić information content (AvgIpc) is 2.84. The lowest BCUT2D eigenvalue weighted by molar-refractivity contribution is 0.467. The van der Waals surface area contributed by atoms with E-state index in [0.29, 0.717) is 5.41 Å². The third-order valence-corrected chi connectivity index (χ3v) is 3.75. The highest BCUT2D eigenvalue weighted by molar-refractivity contribution is 7.11. The van der Waals surface area contributed by atoms with E-state index in [1.807, 2.05) is 6.20 Å². The molecular formula is C10H17N3S. The number of nitrogens with one attached hydrogen (secondary N) is 1. The molecule has 1 heterocycles. The van der Waals surface area contributed by atoms with Gasteiger partial charge in [0.15, 0.2) is 0 Å². The maximum atomic E-state index is 5.70. The highest BCUT2D eigenvalue weighted by Gasteiger charge is 2.40. The fourth-order valence-electron chi connectivity index (χ4n) is 1.55. The van der Waals surface area contributed by atoms with Crippen molar-refractivity contribution in [3.05, 3.63) is 16.1 Å². The maximum Gasteiger partial charge on any atom is 0.107 e. The van der Waals surface area contributed by atoms with Gasteiger partial charge in [0.05, 0.1) is 0 Å². The molecule has 0 aliphatic heterocycles. The molecule has 0 spiro atoms. The Balaban J connectivity index is 1.73. The Kier molecular flexibility index (Phi) is 2.85. The molecule has 14 heavy (non-hydrogen) atoms. The quantitative estimate of drug-likeness (QED) is 0.771. The summed E-state index contributed by atoms with van der Waals surface area (Å²) in [4.78, 5) is 5.59. The van der Waals surface area contributed by atoms with Crippen LogP contribution in [0.3, 0.4) is 0 Å². The predicted molar refractivity (Wildman–Crippen MR) is 59.3 cm³/mol. The van der Waals surface area contributed by atoms with Crippen LogP contribution in [-0.2, 0) is 6.54 Å². The number of nitrogens with zero attached hydrogens (tertiary/aromatic N) is 1. The van der Waals surface area contributed by atoms with Gasteiger partial charge in [-0.15, -0.1) is 11.3 Å². The van der Waals surface area contributed by atoms with Crippen LogP contribution in [-0.4, -0.2) is 18.1 Å². The van der Waals surface area contributed by atoms with Crippen molar-refractivity contribution in [2.45, 2.75) is 26.3 Å². The maximum absolute atomic E-state index is 5.70. The normalized spacial score (nSPS) is 18.4. The number of rotatable bonds is 5. The Bertz CT molecular complexity index is 304. The summed E-state index contributed by atoms with van der Waals surface area (Å²) in [5.74, 6) is 0. The van der Waals surface area contributed by atoms with Gasteiger partial charge in [-0.05, 0) is 31.7 Å². The molecule has 0 amide bonds. The smallest absolute Gasteiger partial charge is 0.107 e. The van der Waals surface area contributed by atoms with E-state index < -0.39 is 0 Å². The first-order chi connectivity index (χ1) is 6.74. The zero-order valence-corrected chi connectivity index (χ0v) is 9.36. The van der Waals surface area contributed by atoms with Gasteiger partial charge in [0, 0.05) is 24.2 Å². The Morgan fingerprint density at radius 3 is 2.93 bits per heavy atom. The van der Waals surface area contributed by atoms with Crippen LogP contribution in [0.5, 0.6) is 0 Å². The molecule has 0 radical (unpaired) electrons. The zero-order valence-electron chi connectivity index (χ0n) is 8.55. The van der Waals surface area contributed by atoms with Crippen molar-refractivity contribution in [1.29, 1.82) is 0 Å². The monoisotopic (exact) mass is 211 g/mol. The summed E-state index contributed by atoms with van der Waals surface area (Å²) < 4.78 is 0. The minimum atomic E-state index is 0.423. The molecule has 1 aromatic heterocycles. The average molecular weight is 211 g/mol. The first kappa shape index (κ1) is 10.1. The number of thiazole rings is 1. The van der Waals surface area contributed by atoms with E-state index in [2.05, 4.69) is 17.2 Å². The molecule has 1 aromatic rings. The van der Waals surface area contributed by atoms with Crippen LogP contribution in [0, 0.1) is 12.3 Å². The van der Waals surface area contributed by atoms with Crippen molar-refractivity contribution >= 4 is 11.3 Å². The van der Waals surface area contributed by atoms with Crippen LogP contribution >= 0.6 is 11.3 Å². The lowest BCUT2D eigenvalue weighted by Gasteiger charge is -2.11. The Morgan fingerprint density at radius 1 is 1.64 bits per heavy atom. The number of hydrogen-bond donors (Lipinski definition) is 2.